The van der Waals surface area contributed by atoms with Crippen molar-refractivity contribution in [3.8, 4) is 0 Å². The van der Waals surface area contributed by atoms with Crippen LogP contribution in [0.3, 0.4) is 0 Å². The molecule has 148 valence electrons. The van der Waals surface area contributed by atoms with Gasteiger partial charge >= 0.3 is 0 Å². The van der Waals surface area contributed by atoms with Crippen molar-refractivity contribution < 1.29 is 9.21 Å². The summed E-state index contributed by atoms with van der Waals surface area (Å²) < 4.78 is 8.16. The SMILES string of the molecule is CC1CC1c1ccc(/C=C/C(=O)N2CCCC2c2nnc3n2CCCCC3)o1. The maximum Gasteiger partial charge on any atom is 0.247 e. The minimum Gasteiger partial charge on any atom is -0.461 e. The number of amides is 1. The third-order valence-corrected chi connectivity index (χ3v) is 6.48. The van der Waals surface area contributed by atoms with Gasteiger partial charge in [-0.3, -0.25) is 4.79 Å². The molecule has 1 saturated heterocycles. The van der Waals surface area contributed by atoms with Gasteiger partial charge in [-0.25, -0.2) is 0 Å². The molecule has 28 heavy (non-hydrogen) atoms. The molecule has 0 aromatic carbocycles. The lowest BCUT2D eigenvalue weighted by molar-refractivity contribution is -0.127. The highest BCUT2D eigenvalue weighted by Gasteiger charge is 2.36. The monoisotopic (exact) mass is 380 g/mol. The fourth-order valence-electron chi connectivity index (χ4n) is 4.68. The Labute approximate surface area is 165 Å². The number of furan rings is 1. The summed E-state index contributed by atoms with van der Waals surface area (Å²) in [6.07, 6.45) is 11.2. The van der Waals surface area contributed by atoms with Crippen LogP contribution in [0.5, 0.6) is 0 Å². The quantitative estimate of drug-likeness (QED) is 0.749. The molecule has 0 N–H and O–H groups in total. The first-order chi connectivity index (χ1) is 13.7. The summed E-state index contributed by atoms with van der Waals surface area (Å²) >= 11 is 0. The van der Waals surface area contributed by atoms with Crippen LogP contribution in [0.4, 0.5) is 0 Å². The Morgan fingerprint density at radius 3 is 2.93 bits per heavy atom. The first-order valence-electron chi connectivity index (χ1n) is 10.7. The number of fused-ring (bicyclic) bond motifs is 1. The van der Waals surface area contributed by atoms with Gasteiger partial charge in [-0.15, -0.1) is 10.2 Å². The molecule has 2 aromatic rings. The van der Waals surface area contributed by atoms with Gasteiger partial charge in [0, 0.05) is 31.5 Å². The van der Waals surface area contributed by atoms with Crippen LogP contribution in [0, 0.1) is 5.92 Å². The highest BCUT2D eigenvalue weighted by Crippen LogP contribution is 2.47. The lowest BCUT2D eigenvalue weighted by Gasteiger charge is -2.23. The van der Waals surface area contributed by atoms with Crippen molar-refractivity contribution in [3.05, 3.63) is 41.4 Å². The van der Waals surface area contributed by atoms with Gasteiger partial charge < -0.3 is 13.9 Å². The molecule has 3 unspecified atom stereocenters. The van der Waals surface area contributed by atoms with Gasteiger partial charge in [0.1, 0.15) is 17.3 Å². The van der Waals surface area contributed by atoms with Crippen molar-refractivity contribution in [2.24, 2.45) is 5.92 Å². The summed E-state index contributed by atoms with van der Waals surface area (Å²) in [5.41, 5.74) is 0. The summed E-state index contributed by atoms with van der Waals surface area (Å²) in [7, 11) is 0. The lowest BCUT2D eigenvalue weighted by Crippen LogP contribution is -2.30. The van der Waals surface area contributed by atoms with Crippen LogP contribution in [0.1, 0.15) is 80.6 Å². The van der Waals surface area contributed by atoms with E-state index in [1.807, 2.05) is 17.0 Å². The molecule has 2 aromatic heterocycles. The van der Waals surface area contributed by atoms with Gasteiger partial charge in [0.25, 0.3) is 0 Å². The molecule has 1 amide bonds. The van der Waals surface area contributed by atoms with E-state index in [0.717, 1.165) is 55.5 Å². The van der Waals surface area contributed by atoms with Gasteiger partial charge in [0.2, 0.25) is 5.91 Å². The second-order valence-electron chi connectivity index (χ2n) is 8.52. The van der Waals surface area contributed by atoms with Crippen molar-refractivity contribution in [1.82, 2.24) is 19.7 Å². The Balaban J connectivity index is 1.30. The summed E-state index contributed by atoms with van der Waals surface area (Å²) in [5, 5.41) is 8.91. The third kappa shape index (κ3) is 3.29. The van der Waals surface area contributed by atoms with Crippen molar-refractivity contribution in [1.29, 1.82) is 0 Å². The van der Waals surface area contributed by atoms with Crippen molar-refractivity contribution in [3.63, 3.8) is 0 Å². The van der Waals surface area contributed by atoms with Gasteiger partial charge in [-0.2, -0.15) is 0 Å². The molecule has 3 aliphatic rings. The number of rotatable bonds is 4. The van der Waals surface area contributed by atoms with E-state index in [2.05, 4.69) is 21.7 Å². The first-order valence-corrected chi connectivity index (χ1v) is 10.7. The fourth-order valence-corrected chi connectivity index (χ4v) is 4.68. The van der Waals surface area contributed by atoms with Crippen molar-refractivity contribution in [2.75, 3.05) is 6.54 Å². The number of hydrogen-bond acceptors (Lipinski definition) is 4. The Morgan fingerprint density at radius 1 is 1.18 bits per heavy atom. The molecule has 2 aliphatic heterocycles. The highest BCUT2D eigenvalue weighted by atomic mass is 16.3. The molecule has 0 bridgehead atoms. The molecule has 1 aliphatic carbocycles. The predicted octanol–water partition coefficient (Wildman–Crippen LogP) is 4.10. The predicted molar refractivity (Wildman–Crippen MR) is 106 cm³/mol. The summed E-state index contributed by atoms with van der Waals surface area (Å²) in [6.45, 7) is 3.99. The molecule has 6 heteroatoms. The van der Waals surface area contributed by atoms with Crippen LogP contribution >= 0.6 is 0 Å². The molecule has 0 spiro atoms. The van der Waals surface area contributed by atoms with Gasteiger partial charge in [-0.05, 0) is 56.2 Å². The third-order valence-electron chi connectivity index (χ3n) is 6.48. The second kappa shape index (κ2) is 7.22. The van der Waals surface area contributed by atoms with E-state index in [1.165, 1.54) is 25.7 Å². The normalized spacial score (nSPS) is 27.2. The smallest absolute Gasteiger partial charge is 0.247 e. The zero-order chi connectivity index (χ0) is 19.1. The zero-order valence-corrected chi connectivity index (χ0v) is 16.5. The Morgan fingerprint density at radius 2 is 2.07 bits per heavy atom. The van der Waals surface area contributed by atoms with E-state index in [1.54, 1.807) is 12.2 Å². The van der Waals surface area contributed by atoms with Crippen LogP contribution < -0.4 is 0 Å². The molecule has 1 saturated carbocycles. The average Bonchev–Trinajstić information content (AvgIpc) is 3.08. The highest BCUT2D eigenvalue weighted by molar-refractivity contribution is 5.91. The van der Waals surface area contributed by atoms with E-state index in [0.29, 0.717) is 11.8 Å². The Hall–Kier alpha value is -2.37. The molecular formula is C22H28N4O2. The van der Waals surface area contributed by atoms with Crippen molar-refractivity contribution in [2.45, 2.75) is 70.4 Å². The maximum atomic E-state index is 12.9. The number of carbonyl (C=O) groups excluding carboxylic acids is 1. The van der Waals surface area contributed by atoms with E-state index < -0.39 is 0 Å². The van der Waals surface area contributed by atoms with Crippen LogP contribution in [0.25, 0.3) is 6.08 Å². The number of hydrogen-bond donors (Lipinski definition) is 0. The summed E-state index contributed by atoms with van der Waals surface area (Å²) in [6, 6.07) is 4.04. The molecule has 2 fully saturated rings. The minimum absolute atomic E-state index is 0.0335. The minimum atomic E-state index is 0.0335. The van der Waals surface area contributed by atoms with Crippen LogP contribution in [-0.2, 0) is 17.8 Å². The van der Waals surface area contributed by atoms with Gasteiger partial charge in [-0.1, -0.05) is 13.3 Å². The summed E-state index contributed by atoms with van der Waals surface area (Å²) in [4.78, 5) is 14.9. The van der Waals surface area contributed by atoms with E-state index in [9.17, 15) is 4.79 Å². The Bertz CT molecular complexity index is 896. The number of aryl methyl sites for hydroxylation is 1. The molecule has 0 radical (unpaired) electrons. The average molecular weight is 380 g/mol. The largest absolute Gasteiger partial charge is 0.461 e. The molecule has 5 rings (SSSR count). The number of likely N-dealkylation sites (tertiary alicyclic amines) is 1. The second-order valence-corrected chi connectivity index (χ2v) is 8.52. The molecule has 6 nitrogen and oxygen atoms in total. The van der Waals surface area contributed by atoms with Gasteiger partial charge in [0.15, 0.2) is 5.82 Å². The van der Waals surface area contributed by atoms with Crippen LogP contribution in [0.15, 0.2) is 22.6 Å². The Kier molecular flexibility index (Phi) is 4.57. The molecule has 4 heterocycles. The molecular weight excluding hydrogens is 352 g/mol. The number of aromatic nitrogens is 3. The standard InChI is InChI=1S/C22H28N4O2/c1-15-14-17(15)19-10-8-16(28-19)9-11-21(27)25-13-5-6-18(25)22-24-23-20-7-3-2-4-12-26(20)22/h8-11,15,17-18H,2-7,12-14H2,1H3/b11-9+. The van der Waals surface area contributed by atoms with Crippen LogP contribution in [0.2, 0.25) is 0 Å². The first kappa shape index (κ1) is 17.7. The molecule has 3 atom stereocenters. The fraction of sp³-hybridized carbons (Fsp3) is 0.591. The van der Waals surface area contributed by atoms with Crippen LogP contribution in [-0.4, -0.2) is 32.1 Å². The van der Waals surface area contributed by atoms with Crippen molar-refractivity contribution >= 4 is 12.0 Å². The van der Waals surface area contributed by atoms with E-state index in [-0.39, 0.29) is 11.9 Å². The van der Waals surface area contributed by atoms with E-state index >= 15 is 0 Å². The van der Waals surface area contributed by atoms with E-state index in [4.69, 9.17) is 4.42 Å². The summed E-state index contributed by atoms with van der Waals surface area (Å²) in [5.74, 6) is 5.17. The number of carbonyl (C=O) groups is 1. The number of nitrogens with zero attached hydrogens (tertiary/aromatic N) is 4. The lowest BCUT2D eigenvalue weighted by atomic mass is 10.2. The van der Waals surface area contributed by atoms with Gasteiger partial charge in [0.05, 0.1) is 6.04 Å². The maximum absolute atomic E-state index is 12.9. The topological polar surface area (TPSA) is 64.2 Å². The zero-order valence-electron chi connectivity index (χ0n) is 16.5.